The lowest BCUT2D eigenvalue weighted by Gasteiger charge is -2.12. The van der Waals surface area contributed by atoms with Crippen LogP contribution in [-0.2, 0) is 16.6 Å². The van der Waals surface area contributed by atoms with Crippen molar-refractivity contribution in [3.63, 3.8) is 0 Å². The second-order valence-corrected chi connectivity index (χ2v) is 6.76. The summed E-state index contributed by atoms with van der Waals surface area (Å²) in [4.78, 5) is 0.322. The Labute approximate surface area is 122 Å². The van der Waals surface area contributed by atoms with Crippen molar-refractivity contribution in [1.29, 1.82) is 0 Å². The van der Waals surface area contributed by atoms with Crippen LogP contribution in [0.1, 0.15) is 38.1 Å². The van der Waals surface area contributed by atoms with Gasteiger partial charge in [-0.1, -0.05) is 6.92 Å². The van der Waals surface area contributed by atoms with Gasteiger partial charge in [0.25, 0.3) is 0 Å². The molecule has 7 heteroatoms. The molecule has 1 aromatic heterocycles. The van der Waals surface area contributed by atoms with Gasteiger partial charge in [0.1, 0.15) is 4.90 Å². The average Bonchev–Trinajstić information content (AvgIpc) is 2.64. The lowest BCUT2D eigenvalue weighted by atomic mass is 10.3. The zero-order chi connectivity index (χ0) is 15.3. The van der Waals surface area contributed by atoms with Crippen LogP contribution in [0.15, 0.2) is 4.90 Å². The van der Waals surface area contributed by atoms with E-state index in [0.29, 0.717) is 22.8 Å². The van der Waals surface area contributed by atoms with Crippen molar-refractivity contribution in [3.05, 3.63) is 11.4 Å². The summed E-state index contributed by atoms with van der Waals surface area (Å²) in [5.41, 5.74) is 1.26. The highest BCUT2D eigenvalue weighted by molar-refractivity contribution is 7.89. The molecule has 0 bridgehead atoms. The first-order chi connectivity index (χ1) is 9.33. The first-order valence-electron chi connectivity index (χ1n) is 7.04. The van der Waals surface area contributed by atoms with E-state index in [1.165, 1.54) is 0 Å². The Morgan fingerprint density at radius 1 is 1.35 bits per heavy atom. The maximum atomic E-state index is 12.4. The fraction of sp³-hybridized carbons (Fsp3) is 0.769. The highest BCUT2D eigenvalue weighted by Crippen LogP contribution is 2.20. The number of nitrogens with zero attached hydrogens (tertiary/aromatic N) is 2. The number of rotatable bonds is 8. The molecule has 0 saturated heterocycles. The molecular weight excluding hydrogens is 276 g/mol. The predicted molar refractivity (Wildman–Crippen MR) is 80.3 cm³/mol. The van der Waals surface area contributed by atoms with E-state index in [1.807, 2.05) is 27.8 Å². The quantitative estimate of drug-likeness (QED) is 0.707. The first kappa shape index (κ1) is 17.1. The zero-order valence-corrected chi connectivity index (χ0v) is 13.8. The Kier molecular flexibility index (Phi) is 6.16. The summed E-state index contributed by atoms with van der Waals surface area (Å²) in [6.07, 6.45) is 1.67. The van der Waals surface area contributed by atoms with E-state index in [9.17, 15) is 8.42 Å². The summed E-state index contributed by atoms with van der Waals surface area (Å²) in [5.74, 6) is 0. The van der Waals surface area contributed by atoms with Gasteiger partial charge in [0.2, 0.25) is 10.0 Å². The summed E-state index contributed by atoms with van der Waals surface area (Å²) < 4.78 is 29.3. The summed E-state index contributed by atoms with van der Waals surface area (Å²) >= 11 is 0. The van der Waals surface area contributed by atoms with E-state index in [4.69, 9.17) is 0 Å². The van der Waals surface area contributed by atoms with E-state index in [1.54, 1.807) is 11.6 Å². The van der Waals surface area contributed by atoms with Crippen molar-refractivity contribution in [2.45, 2.75) is 58.0 Å². The minimum atomic E-state index is -3.49. The van der Waals surface area contributed by atoms with Crippen LogP contribution in [0.2, 0.25) is 0 Å². The third kappa shape index (κ3) is 4.04. The molecule has 6 nitrogen and oxygen atoms in total. The van der Waals surface area contributed by atoms with Gasteiger partial charge in [0, 0.05) is 12.6 Å². The molecule has 2 N–H and O–H groups in total. The van der Waals surface area contributed by atoms with E-state index >= 15 is 0 Å². The molecule has 0 aromatic carbocycles. The van der Waals surface area contributed by atoms with E-state index in [0.717, 1.165) is 19.4 Å². The molecule has 1 unspecified atom stereocenters. The first-order valence-corrected chi connectivity index (χ1v) is 8.52. The van der Waals surface area contributed by atoms with Crippen LogP contribution in [0, 0.1) is 13.8 Å². The average molecular weight is 302 g/mol. The minimum Gasteiger partial charge on any atom is -0.320 e. The monoisotopic (exact) mass is 302 g/mol. The molecule has 1 aromatic rings. The van der Waals surface area contributed by atoms with Crippen LogP contribution in [-0.4, -0.2) is 37.8 Å². The van der Waals surface area contributed by atoms with Gasteiger partial charge in [-0.05, 0) is 47.2 Å². The van der Waals surface area contributed by atoms with E-state index in [-0.39, 0.29) is 6.04 Å². The number of hydrogen-bond acceptors (Lipinski definition) is 4. The molecule has 0 aliphatic rings. The fourth-order valence-electron chi connectivity index (χ4n) is 2.10. The topological polar surface area (TPSA) is 76.0 Å². The molecule has 0 aliphatic heterocycles. The van der Waals surface area contributed by atoms with Crippen molar-refractivity contribution < 1.29 is 8.42 Å². The SMILES string of the molecule is CCC(C)NS(=O)(=O)c1c(C)nn(CCCNC)c1C. The van der Waals surface area contributed by atoms with Gasteiger partial charge >= 0.3 is 0 Å². The Bertz CT molecular complexity index is 537. The van der Waals surface area contributed by atoms with Gasteiger partial charge < -0.3 is 5.32 Å². The summed E-state index contributed by atoms with van der Waals surface area (Å²) in [7, 11) is -1.60. The predicted octanol–water partition coefficient (Wildman–Crippen LogP) is 1.19. The number of hydrogen-bond donors (Lipinski definition) is 2. The molecule has 116 valence electrons. The Hall–Kier alpha value is -0.920. The Balaban J connectivity index is 3.01. The number of sulfonamides is 1. The maximum Gasteiger partial charge on any atom is 0.244 e. The van der Waals surface area contributed by atoms with Crippen molar-refractivity contribution in [1.82, 2.24) is 19.8 Å². The summed E-state index contributed by atoms with van der Waals surface area (Å²) in [6, 6.07) is -0.0774. The Morgan fingerprint density at radius 3 is 2.55 bits per heavy atom. The van der Waals surface area contributed by atoms with Crippen LogP contribution in [0.5, 0.6) is 0 Å². The highest BCUT2D eigenvalue weighted by Gasteiger charge is 2.25. The maximum absolute atomic E-state index is 12.4. The van der Waals surface area contributed by atoms with Crippen LogP contribution in [0.3, 0.4) is 0 Å². The number of nitrogens with one attached hydrogen (secondary N) is 2. The molecule has 0 saturated carbocycles. The van der Waals surface area contributed by atoms with Gasteiger partial charge in [-0.3, -0.25) is 4.68 Å². The lowest BCUT2D eigenvalue weighted by molar-refractivity contribution is 0.543. The smallest absolute Gasteiger partial charge is 0.244 e. The highest BCUT2D eigenvalue weighted by atomic mass is 32.2. The molecule has 0 radical (unpaired) electrons. The largest absolute Gasteiger partial charge is 0.320 e. The van der Waals surface area contributed by atoms with Crippen molar-refractivity contribution in [2.24, 2.45) is 0 Å². The summed E-state index contributed by atoms with van der Waals surface area (Å²) in [5, 5.41) is 7.42. The van der Waals surface area contributed by atoms with Crippen LogP contribution in [0.25, 0.3) is 0 Å². The standard InChI is InChI=1S/C13H26N4O2S/c1-6-10(2)16-20(18,19)13-11(3)15-17(12(13)4)9-7-8-14-5/h10,14,16H,6-9H2,1-5H3. The molecular formula is C13H26N4O2S. The van der Waals surface area contributed by atoms with Crippen molar-refractivity contribution >= 4 is 10.0 Å². The van der Waals surface area contributed by atoms with Gasteiger partial charge in [-0.2, -0.15) is 5.10 Å². The minimum absolute atomic E-state index is 0.0774. The van der Waals surface area contributed by atoms with Crippen molar-refractivity contribution in [2.75, 3.05) is 13.6 Å². The van der Waals surface area contributed by atoms with Crippen molar-refractivity contribution in [3.8, 4) is 0 Å². The molecule has 0 aliphatic carbocycles. The van der Waals surface area contributed by atoms with Crippen LogP contribution >= 0.6 is 0 Å². The van der Waals surface area contributed by atoms with Gasteiger partial charge in [-0.15, -0.1) is 0 Å². The van der Waals surface area contributed by atoms with E-state index in [2.05, 4.69) is 15.1 Å². The number of aromatic nitrogens is 2. The third-order valence-electron chi connectivity index (χ3n) is 3.35. The molecule has 1 atom stereocenters. The van der Waals surface area contributed by atoms with Gasteiger partial charge in [0.15, 0.2) is 0 Å². The zero-order valence-electron chi connectivity index (χ0n) is 13.0. The lowest BCUT2D eigenvalue weighted by Crippen LogP contribution is -2.32. The second-order valence-electron chi connectivity index (χ2n) is 5.11. The Morgan fingerprint density at radius 2 is 2.00 bits per heavy atom. The van der Waals surface area contributed by atoms with Gasteiger partial charge in [-0.25, -0.2) is 13.1 Å². The van der Waals surface area contributed by atoms with E-state index < -0.39 is 10.0 Å². The second kappa shape index (κ2) is 7.19. The fourth-order valence-corrected chi connectivity index (χ4v) is 3.84. The third-order valence-corrected chi connectivity index (χ3v) is 5.19. The van der Waals surface area contributed by atoms with Crippen LogP contribution < -0.4 is 10.0 Å². The molecule has 0 amide bonds. The number of aryl methyl sites for hydroxylation is 2. The molecule has 0 spiro atoms. The molecule has 0 fully saturated rings. The van der Waals surface area contributed by atoms with Crippen LogP contribution in [0.4, 0.5) is 0 Å². The van der Waals surface area contributed by atoms with Gasteiger partial charge in [0.05, 0.1) is 11.4 Å². The summed E-state index contributed by atoms with van der Waals surface area (Å²) in [6.45, 7) is 8.96. The molecule has 20 heavy (non-hydrogen) atoms. The molecule has 1 rings (SSSR count). The molecule has 1 heterocycles. The normalized spacial score (nSPS) is 13.7.